The van der Waals surface area contributed by atoms with Gasteiger partial charge in [0.15, 0.2) is 0 Å². The summed E-state index contributed by atoms with van der Waals surface area (Å²) in [7, 11) is -3.72. The number of carbonyl (C=O) groups excluding carboxylic acids is 1. The molecular formula is C23H30N2O4S. The fourth-order valence-corrected chi connectivity index (χ4v) is 4.54. The van der Waals surface area contributed by atoms with Crippen LogP contribution in [-0.2, 0) is 21.2 Å². The van der Waals surface area contributed by atoms with Gasteiger partial charge >= 0.3 is 0 Å². The van der Waals surface area contributed by atoms with Gasteiger partial charge in [-0.1, -0.05) is 32.4 Å². The first-order valence-electron chi connectivity index (χ1n) is 10.4. The highest BCUT2D eigenvalue weighted by Gasteiger charge is 2.37. The van der Waals surface area contributed by atoms with Gasteiger partial charge in [0, 0.05) is 12.6 Å². The molecule has 0 radical (unpaired) electrons. The number of ether oxygens (including phenoxy) is 1. The zero-order chi connectivity index (χ0) is 21.9. The van der Waals surface area contributed by atoms with Gasteiger partial charge in [-0.05, 0) is 56.5 Å². The van der Waals surface area contributed by atoms with E-state index < -0.39 is 15.4 Å². The first kappa shape index (κ1) is 22.2. The highest BCUT2D eigenvalue weighted by atomic mass is 32.2. The number of rotatable bonds is 7. The molecule has 0 spiro atoms. The maximum Gasteiger partial charge on any atom is 0.261 e. The number of aryl methyl sites for hydroxylation is 1. The third-order valence-electron chi connectivity index (χ3n) is 5.13. The fourth-order valence-electron chi connectivity index (χ4n) is 3.49. The van der Waals surface area contributed by atoms with E-state index in [-0.39, 0.29) is 17.4 Å². The number of sulfonamides is 1. The van der Waals surface area contributed by atoms with Crippen molar-refractivity contribution in [3.8, 4) is 5.75 Å². The van der Waals surface area contributed by atoms with Gasteiger partial charge in [0.25, 0.3) is 10.0 Å². The van der Waals surface area contributed by atoms with Crippen LogP contribution in [-0.4, -0.2) is 27.5 Å². The number of amides is 1. The summed E-state index contributed by atoms with van der Waals surface area (Å²) in [5.41, 5.74) is 1.51. The predicted octanol–water partition coefficient (Wildman–Crippen LogP) is 4.60. The van der Waals surface area contributed by atoms with Gasteiger partial charge in [0.05, 0.1) is 21.7 Å². The second-order valence-electron chi connectivity index (χ2n) is 8.31. The molecule has 1 aliphatic rings. The average molecular weight is 431 g/mol. The Morgan fingerprint density at radius 3 is 2.40 bits per heavy atom. The summed E-state index contributed by atoms with van der Waals surface area (Å²) in [6.45, 7) is 8.62. The first-order chi connectivity index (χ1) is 14.2. The van der Waals surface area contributed by atoms with Crippen molar-refractivity contribution in [1.29, 1.82) is 0 Å². The Labute approximate surface area is 179 Å². The van der Waals surface area contributed by atoms with Crippen LogP contribution in [0.15, 0.2) is 47.4 Å². The molecule has 0 unspecified atom stereocenters. The Kier molecular flexibility index (Phi) is 6.41. The molecule has 30 heavy (non-hydrogen) atoms. The van der Waals surface area contributed by atoms with Crippen molar-refractivity contribution in [3.05, 3.63) is 48.0 Å². The third kappa shape index (κ3) is 4.61. The van der Waals surface area contributed by atoms with Crippen molar-refractivity contribution < 1.29 is 17.9 Å². The highest BCUT2D eigenvalue weighted by molar-refractivity contribution is 7.92. The Hall–Kier alpha value is -2.54. The lowest BCUT2D eigenvalue weighted by Gasteiger charge is -2.27. The summed E-state index contributed by atoms with van der Waals surface area (Å²) in [6, 6.07) is 12.0. The molecule has 162 valence electrons. The lowest BCUT2D eigenvalue weighted by molar-refractivity contribution is -0.127. The molecule has 0 bridgehead atoms. The number of nitrogens with zero attached hydrogens (tertiary/aromatic N) is 1. The van der Waals surface area contributed by atoms with E-state index in [1.54, 1.807) is 35.2 Å². The molecule has 0 atom stereocenters. The number of carbonyl (C=O) groups is 1. The van der Waals surface area contributed by atoms with E-state index in [2.05, 4.69) is 11.6 Å². The van der Waals surface area contributed by atoms with E-state index in [0.29, 0.717) is 23.7 Å². The second-order valence-corrected chi connectivity index (χ2v) is 9.99. The van der Waals surface area contributed by atoms with Gasteiger partial charge in [0.1, 0.15) is 12.4 Å². The maximum absolute atomic E-state index is 12.9. The van der Waals surface area contributed by atoms with Gasteiger partial charge < -0.3 is 9.64 Å². The summed E-state index contributed by atoms with van der Waals surface area (Å²) >= 11 is 0. The average Bonchev–Trinajstić information content (AvgIpc) is 2.79. The molecule has 0 aromatic heterocycles. The molecule has 1 N–H and O–H groups in total. The van der Waals surface area contributed by atoms with Gasteiger partial charge in [-0.3, -0.25) is 9.52 Å². The molecule has 2 aromatic rings. The number of benzene rings is 2. The highest BCUT2D eigenvalue weighted by Crippen LogP contribution is 2.38. The van der Waals surface area contributed by atoms with Gasteiger partial charge in [0.2, 0.25) is 5.91 Å². The number of fused-ring (bicyclic) bond motifs is 1. The van der Waals surface area contributed by atoms with E-state index in [4.69, 9.17) is 4.74 Å². The topological polar surface area (TPSA) is 75.7 Å². The Morgan fingerprint density at radius 2 is 1.77 bits per heavy atom. The minimum absolute atomic E-state index is 0.00333. The molecule has 1 amide bonds. The van der Waals surface area contributed by atoms with Crippen LogP contribution >= 0.6 is 0 Å². The van der Waals surface area contributed by atoms with Crippen molar-refractivity contribution in [2.45, 2.75) is 51.9 Å². The standard InChI is InChI=1S/C23H30N2O4S/c1-5-7-17-8-11-19(12-9-17)30(27,28)24-18-10-13-20-21(15-18)29-16-23(3,4)22(26)25(20)14-6-2/h8-13,15,24H,5-7,14,16H2,1-4H3. The van der Waals surface area contributed by atoms with E-state index in [9.17, 15) is 13.2 Å². The zero-order valence-corrected chi connectivity index (χ0v) is 18.9. The van der Waals surface area contributed by atoms with E-state index in [1.165, 1.54) is 0 Å². The molecule has 6 nitrogen and oxygen atoms in total. The summed E-state index contributed by atoms with van der Waals surface area (Å²) in [6.07, 6.45) is 2.73. The van der Waals surface area contributed by atoms with Crippen LogP contribution in [0.25, 0.3) is 0 Å². The van der Waals surface area contributed by atoms with Gasteiger partial charge in [-0.15, -0.1) is 0 Å². The van der Waals surface area contributed by atoms with E-state index in [0.717, 1.165) is 24.8 Å². The van der Waals surface area contributed by atoms with Crippen LogP contribution in [0.5, 0.6) is 5.75 Å². The number of nitrogens with one attached hydrogen (secondary N) is 1. The number of hydrogen-bond donors (Lipinski definition) is 1. The Balaban J connectivity index is 1.89. The van der Waals surface area contributed by atoms with Crippen LogP contribution in [0.4, 0.5) is 11.4 Å². The van der Waals surface area contributed by atoms with Gasteiger partial charge in [-0.2, -0.15) is 0 Å². The van der Waals surface area contributed by atoms with Crippen molar-refractivity contribution in [3.63, 3.8) is 0 Å². The normalized spacial score (nSPS) is 15.9. The number of hydrogen-bond acceptors (Lipinski definition) is 4. The molecular weight excluding hydrogens is 400 g/mol. The smallest absolute Gasteiger partial charge is 0.261 e. The molecule has 7 heteroatoms. The van der Waals surface area contributed by atoms with Crippen LogP contribution in [0.2, 0.25) is 0 Å². The number of anilines is 2. The lowest BCUT2D eigenvalue weighted by Crippen LogP contribution is -2.42. The molecule has 3 rings (SSSR count). The first-order valence-corrected chi connectivity index (χ1v) is 11.9. The van der Waals surface area contributed by atoms with Crippen molar-refractivity contribution >= 4 is 27.3 Å². The van der Waals surface area contributed by atoms with Crippen molar-refractivity contribution in [1.82, 2.24) is 0 Å². The van der Waals surface area contributed by atoms with E-state index in [1.807, 2.05) is 32.9 Å². The minimum atomic E-state index is -3.72. The van der Waals surface area contributed by atoms with Crippen LogP contribution < -0.4 is 14.4 Å². The van der Waals surface area contributed by atoms with Crippen LogP contribution in [0, 0.1) is 5.41 Å². The van der Waals surface area contributed by atoms with Crippen LogP contribution in [0.1, 0.15) is 46.1 Å². The monoisotopic (exact) mass is 430 g/mol. The quantitative estimate of drug-likeness (QED) is 0.696. The summed E-state index contributed by atoms with van der Waals surface area (Å²) in [5.74, 6) is 0.504. The third-order valence-corrected chi connectivity index (χ3v) is 6.53. The molecule has 1 aliphatic heterocycles. The Bertz CT molecular complexity index is 1010. The Morgan fingerprint density at radius 1 is 1.07 bits per heavy atom. The summed E-state index contributed by atoms with van der Waals surface area (Å²) in [4.78, 5) is 14.9. The molecule has 1 heterocycles. The summed E-state index contributed by atoms with van der Waals surface area (Å²) < 4.78 is 34.2. The maximum atomic E-state index is 12.9. The molecule has 2 aromatic carbocycles. The molecule has 0 saturated carbocycles. The molecule has 0 saturated heterocycles. The largest absolute Gasteiger partial charge is 0.490 e. The van der Waals surface area contributed by atoms with Crippen molar-refractivity contribution in [2.24, 2.45) is 5.41 Å². The summed E-state index contributed by atoms with van der Waals surface area (Å²) in [5, 5.41) is 0. The van der Waals surface area contributed by atoms with Gasteiger partial charge in [-0.25, -0.2) is 8.42 Å². The van der Waals surface area contributed by atoms with Crippen LogP contribution in [0.3, 0.4) is 0 Å². The molecule has 0 fully saturated rings. The lowest BCUT2D eigenvalue weighted by atomic mass is 9.93. The SMILES string of the molecule is CCCc1ccc(S(=O)(=O)Nc2ccc3c(c2)OCC(C)(C)C(=O)N3CCC)cc1. The minimum Gasteiger partial charge on any atom is -0.490 e. The van der Waals surface area contributed by atoms with E-state index >= 15 is 0 Å². The zero-order valence-electron chi connectivity index (χ0n) is 18.1. The fraction of sp³-hybridized carbons (Fsp3) is 0.435. The molecule has 0 aliphatic carbocycles. The van der Waals surface area contributed by atoms with Crippen molar-refractivity contribution in [2.75, 3.05) is 22.8 Å². The predicted molar refractivity (Wildman–Crippen MR) is 120 cm³/mol. The second kappa shape index (κ2) is 8.68.